The quantitative estimate of drug-likeness (QED) is 0.723. The van der Waals surface area contributed by atoms with Crippen molar-refractivity contribution in [3.8, 4) is 5.69 Å². The molecule has 2 rings (SSSR count). The zero-order chi connectivity index (χ0) is 16.1. The van der Waals surface area contributed by atoms with E-state index in [0.717, 1.165) is 10.6 Å². The molecule has 1 unspecified atom stereocenters. The van der Waals surface area contributed by atoms with Crippen molar-refractivity contribution < 1.29 is 9.69 Å². The molecular formula is C14H21N6OS+. The van der Waals surface area contributed by atoms with E-state index in [1.54, 1.807) is 9.36 Å². The number of likely N-dealkylation sites (N-methyl/N-ethyl adjacent to an activating group) is 1. The van der Waals surface area contributed by atoms with Crippen molar-refractivity contribution in [3.63, 3.8) is 0 Å². The number of carbonyl (C=O) groups is 1. The molecular weight excluding hydrogens is 300 g/mol. The number of tetrazole rings is 1. The molecule has 0 aliphatic carbocycles. The van der Waals surface area contributed by atoms with Gasteiger partial charge in [0.05, 0.1) is 12.7 Å². The van der Waals surface area contributed by atoms with Gasteiger partial charge in [0.25, 0.3) is 5.91 Å². The molecule has 0 saturated carbocycles. The van der Waals surface area contributed by atoms with Gasteiger partial charge in [-0.3, -0.25) is 4.79 Å². The zero-order valence-electron chi connectivity index (χ0n) is 13.0. The van der Waals surface area contributed by atoms with Crippen LogP contribution in [0, 0.1) is 4.77 Å². The normalized spacial score (nSPS) is 12.4. The van der Waals surface area contributed by atoms with Gasteiger partial charge >= 0.3 is 0 Å². The summed E-state index contributed by atoms with van der Waals surface area (Å²) in [4.78, 5) is 12.7. The first-order valence-electron chi connectivity index (χ1n) is 7.16. The molecule has 0 bridgehead atoms. The second-order valence-electron chi connectivity index (χ2n) is 5.52. The maximum atomic E-state index is 11.8. The van der Waals surface area contributed by atoms with Gasteiger partial charge in [0.1, 0.15) is 0 Å². The molecule has 1 aromatic heterocycles. The van der Waals surface area contributed by atoms with Crippen molar-refractivity contribution >= 4 is 18.1 Å². The third-order valence-corrected chi connectivity index (χ3v) is 3.36. The number of amides is 1. The molecule has 1 amide bonds. The fraction of sp³-hybridized carbons (Fsp3) is 0.429. The Kier molecular flexibility index (Phi) is 5.40. The minimum atomic E-state index is 0.00877. The smallest absolute Gasteiger partial charge is 0.275 e. The Labute approximate surface area is 134 Å². The molecule has 0 radical (unpaired) electrons. The molecule has 7 nitrogen and oxygen atoms in total. The van der Waals surface area contributed by atoms with E-state index >= 15 is 0 Å². The monoisotopic (exact) mass is 321 g/mol. The zero-order valence-corrected chi connectivity index (χ0v) is 13.8. The fourth-order valence-corrected chi connectivity index (χ4v) is 2.31. The SMILES string of the molecule is CC(C)NC(=O)C[NH+](C)Cn1nnn(-c2ccccc2)c1=S. The molecule has 0 fully saturated rings. The number of carbonyl (C=O) groups excluding carboxylic acids is 1. The third-order valence-electron chi connectivity index (χ3n) is 2.97. The highest BCUT2D eigenvalue weighted by Crippen LogP contribution is 2.04. The van der Waals surface area contributed by atoms with Crippen LogP contribution >= 0.6 is 12.2 Å². The van der Waals surface area contributed by atoms with Crippen LogP contribution < -0.4 is 10.2 Å². The highest BCUT2D eigenvalue weighted by Gasteiger charge is 2.13. The average Bonchev–Trinajstić information content (AvgIpc) is 2.80. The highest BCUT2D eigenvalue weighted by molar-refractivity contribution is 7.71. The second kappa shape index (κ2) is 7.28. The van der Waals surface area contributed by atoms with Gasteiger partial charge in [-0.2, -0.15) is 9.36 Å². The Morgan fingerprint density at radius 3 is 2.64 bits per heavy atom. The van der Waals surface area contributed by atoms with Gasteiger partial charge in [-0.1, -0.05) is 18.2 Å². The van der Waals surface area contributed by atoms with E-state index in [1.807, 2.05) is 51.2 Å². The minimum Gasteiger partial charge on any atom is -0.349 e. The molecule has 22 heavy (non-hydrogen) atoms. The summed E-state index contributed by atoms with van der Waals surface area (Å²) >= 11 is 5.40. The van der Waals surface area contributed by atoms with Gasteiger partial charge in [-0.25, -0.2) is 0 Å². The lowest BCUT2D eigenvalue weighted by molar-refractivity contribution is -0.895. The van der Waals surface area contributed by atoms with Gasteiger partial charge in [0.2, 0.25) is 4.77 Å². The summed E-state index contributed by atoms with van der Waals surface area (Å²) < 4.78 is 3.74. The Morgan fingerprint density at radius 2 is 2.00 bits per heavy atom. The van der Waals surface area contributed by atoms with Gasteiger partial charge in [-0.15, -0.1) is 0 Å². The van der Waals surface area contributed by atoms with Gasteiger partial charge in [-0.05, 0) is 48.6 Å². The molecule has 0 aliphatic rings. The van der Waals surface area contributed by atoms with Crippen molar-refractivity contribution in [3.05, 3.63) is 35.1 Å². The van der Waals surface area contributed by atoms with E-state index in [9.17, 15) is 4.79 Å². The maximum absolute atomic E-state index is 11.8. The standard InChI is InChI=1S/C14H20N6OS/c1-11(2)15-13(21)9-18(3)10-19-14(22)20(17-16-19)12-7-5-4-6-8-12/h4-8,11H,9-10H2,1-3H3,(H,15,21)/p+1. The molecule has 2 N–H and O–H groups in total. The topological polar surface area (TPSA) is 69.2 Å². The largest absolute Gasteiger partial charge is 0.349 e. The number of rotatable bonds is 6. The molecule has 8 heteroatoms. The van der Waals surface area contributed by atoms with Crippen LogP contribution in [0.5, 0.6) is 0 Å². The van der Waals surface area contributed by atoms with Crippen molar-refractivity contribution in [2.45, 2.75) is 26.6 Å². The van der Waals surface area contributed by atoms with Gasteiger partial charge in [0, 0.05) is 6.04 Å². The number of hydrogen-bond donors (Lipinski definition) is 2. The first-order valence-corrected chi connectivity index (χ1v) is 7.57. The van der Waals surface area contributed by atoms with E-state index in [0.29, 0.717) is 18.0 Å². The van der Waals surface area contributed by atoms with Crippen LogP contribution in [0.4, 0.5) is 0 Å². The predicted molar refractivity (Wildman–Crippen MR) is 85.2 cm³/mol. The minimum absolute atomic E-state index is 0.00877. The number of benzene rings is 1. The van der Waals surface area contributed by atoms with Crippen molar-refractivity contribution in [1.82, 2.24) is 25.1 Å². The van der Waals surface area contributed by atoms with E-state index in [-0.39, 0.29) is 11.9 Å². The Morgan fingerprint density at radius 1 is 1.32 bits per heavy atom. The molecule has 118 valence electrons. The van der Waals surface area contributed by atoms with E-state index < -0.39 is 0 Å². The van der Waals surface area contributed by atoms with Crippen LogP contribution in [0.2, 0.25) is 0 Å². The van der Waals surface area contributed by atoms with Crippen LogP contribution in [0.15, 0.2) is 30.3 Å². The average molecular weight is 321 g/mol. The second-order valence-corrected chi connectivity index (χ2v) is 5.89. The summed E-state index contributed by atoms with van der Waals surface area (Å²) in [5, 5.41) is 11.0. The van der Waals surface area contributed by atoms with Crippen LogP contribution in [0.3, 0.4) is 0 Å². The van der Waals surface area contributed by atoms with Gasteiger partial charge < -0.3 is 10.2 Å². The summed E-state index contributed by atoms with van der Waals surface area (Å²) in [6.07, 6.45) is 0. The highest BCUT2D eigenvalue weighted by atomic mass is 32.1. The molecule has 1 atom stereocenters. The predicted octanol–water partition coefficient (Wildman–Crippen LogP) is -0.205. The summed E-state index contributed by atoms with van der Waals surface area (Å²) in [6, 6.07) is 9.75. The third kappa shape index (κ3) is 4.22. The molecule has 0 spiro atoms. The molecule has 0 aliphatic heterocycles. The van der Waals surface area contributed by atoms with E-state index in [2.05, 4.69) is 15.7 Å². The lowest BCUT2D eigenvalue weighted by Crippen LogP contribution is -3.09. The van der Waals surface area contributed by atoms with E-state index in [4.69, 9.17) is 12.2 Å². The summed E-state index contributed by atoms with van der Waals surface area (Å²) in [5.74, 6) is 0.00877. The number of nitrogens with zero attached hydrogens (tertiary/aromatic N) is 4. The van der Waals surface area contributed by atoms with Crippen LogP contribution in [-0.2, 0) is 11.5 Å². The van der Waals surface area contributed by atoms with Crippen LogP contribution in [-0.4, -0.2) is 45.3 Å². The van der Waals surface area contributed by atoms with Crippen molar-refractivity contribution in [2.75, 3.05) is 13.6 Å². The number of para-hydroxylation sites is 1. The Hall–Kier alpha value is -2.06. The first kappa shape index (κ1) is 16.3. The Bertz CT molecular complexity index is 678. The van der Waals surface area contributed by atoms with Crippen LogP contribution in [0.25, 0.3) is 5.69 Å². The molecule has 1 heterocycles. The summed E-state index contributed by atoms with van der Waals surface area (Å²) in [6.45, 7) is 4.72. The van der Waals surface area contributed by atoms with Gasteiger partial charge in [0.15, 0.2) is 13.2 Å². The van der Waals surface area contributed by atoms with E-state index in [1.165, 1.54) is 0 Å². The number of quaternary nitrogens is 1. The maximum Gasteiger partial charge on any atom is 0.275 e. The number of hydrogen-bond acceptors (Lipinski definition) is 4. The fourth-order valence-electron chi connectivity index (χ4n) is 2.06. The molecule has 0 saturated heterocycles. The Balaban J connectivity index is 2.04. The number of aromatic nitrogens is 4. The van der Waals surface area contributed by atoms with Crippen molar-refractivity contribution in [2.24, 2.45) is 0 Å². The summed E-state index contributed by atoms with van der Waals surface area (Å²) in [5.41, 5.74) is 0.869. The molecule has 2 aromatic rings. The van der Waals surface area contributed by atoms with Crippen LogP contribution in [0.1, 0.15) is 13.8 Å². The number of nitrogens with one attached hydrogen (secondary N) is 2. The first-order chi connectivity index (χ1) is 10.5. The lowest BCUT2D eigenvalue weighted by atomic mass is 10.3. The van der Waals surface area contributed by atoms with Crippen molar-refractivity contribution in [1.29, 1.82) is 0 Å². The molecule has 1 aromatic carbocycles. The summed E-state index contributed by atoms with van der Waals surface area (Å²) in [7, 11) is 1.92. The lowest BCUT2D eigenvalue weighted by Gasteiger charge is -2.14.